The van der Waals surface area contributed by atoms with Crippen LogP contribution in [0.25, 0.3) is 0 Å². The van der Waals surface area contributed by atoms with Crippen molar-refractivity contribution < 1.29 is 0 Å². The lowest BCUT2D eigenvalue weighted by Gasteiger charge is -2.03. The molecule has 0 saturated heterocycles. The van der Waals surface area contributed by atoms with E-state index in [9.17, 15) is 0 Å². The van der Waals surface area contributed by atoms with E-state index in [4.69, 9.17) is 0 Å². The van der Waals surface area contributed by atoms with Crippen LogP contribution < -0.4 is 0 Å². The third kappa shape index (κ3) is 16.4. The van der Waals surface area contributed by atoms with Crippen molar-refractivity contribution in [2.75, 3.05) is 0 Å². The first kappa shape index (κ1) is 20.8. The summed E-state index contributed by atoms with van der Waals surface area (Å²) in [4.78, 5) is 0. The lowest BCUT2D eigenvalue weighted by molar-refractivity contribution is 0.523. The van der Waals surface area contributed by atoms with Gasteiger partial charge < -0.3 is 0 Å². The summed E-state index contributed by atoms with van der Waals surface area (Å²) < 4.78 is 0. The van der Waals surface area contributed by atoms with Crippen LogP contribution in [0.4, 0.5) is 0 Å². The SMILES string of the molecule is C1=CCCCCCCCCCCCCCCCCCCCCC1. The molecule has 0 aromatic rings. The predicted molar refractivity (Wildman–Crippen MR) is 106 cm³/mol. The molecule has 0 aromatic heterocycles. The molecule has 0 bridgehead atoms. The Morgan fingerprint density at radius 2 is 0.391 bits per heavy atom. The molecular formula is C23H44. The smallest absolute Gasteiger partial charge is 0.0351 e. The second kappa shape index (κ2) is 18.1. The Bertz CT molecular complexity index is 216. The number of hydrogen-bond donors (Lipinski definition) is 0. The predicted octanol–water partition coefficient (Wildman–Crippen LogP) is 8.75. The van der Waals surface area contributed by atoms with Crippen LogP contribution in [0.1, 0.15) is 135 Å². The first-order valence-electron chi connectivity index (χ1n) is 11.1. The molecule has 1 rings (SSSR count). The molecular weight excluding hydrogens is 276 g/mol. The third-order valence-electron chi connectivity index (χ3n) is 5.41. The van der Waals surface area contributed by atoms with Gasteiger partial charge in [-0.25, -0.2) is 0 Å². The molecule has 1 aliphatic carbocycles. The molecule has 0 atom stereocenters. The van der Waals surface area contributed by atoms with Gasteiger partial charge in [0.05, 0.1) is 0 Å². The van der Waals surface area contributed by atoms with Gasteiger partial charge in [-0.2, -0.15) is 0 Å². The van der Waals surface area contributed by atoms with Crippen molar-refractivity contribution in [3.8, 4) is 0 Å². The largest absolute Gasteiger partial charge is 0.0885 e. The van der Waals surface area contributed by atoms with Gasteiger partial charge in [0.15, 0.2) is 0 Å². The van der Waals surface area contributed by atoms with E-state index in [0.29, 0.717) is 0 Å². The molecule has 0 nitrogen and oxygen atoms in total. The third-order valence-corrected chi connectivity index (χ3v) is 5.41. The first-order chi connectivity index (χ1) is 11.5. The van der Waals surface area contributed by atoms with E-state index in [1.165, 1.54) is 135 Å². The molecule has 136 valence electrons. The number of allylic oxidation sites excluding steroid dienone is 2. The molecule has 1 aliphatic rings. The molecule has 0 aliphatic heterocycles. The summed E-state index contributed by atoms with van der Waals surface area (Å²) in [5.41, 5.74) is 0. The van der Waals surface area contributed by atoms with Crippen molar-refractivity contribution in [3.05, 3.63) is 12.2 Å². The van der Waals surface area contributed by atoms with Gasteiger partial charge in [0.2, 0.25) is 0 Å². The highest BCUT2D eigenvalue weighted by atomic mass is 14.0. The van der Waals surface area contributed by atoms with Gasteiger partial charge in [0, 0.05) is 0 Å². The minimum atomic E-state index is 1.32. The maximum absolute atomic E-state index is 2.44. The van der Waals surface area contributed by atoms with Crippen LogP contribution in [0.15, 0.2) is 12.2 Å². The maximum Gasteiger partial charge on any atom is -0.0351 e. The molecule has 0 amide bonds. The maximum atomic E-state index is 2.44. The molecule has 0 spiro atoms. The Morgan fingerprint density at radius 3 is 0.609 bits per heavy atom. The van der Waals surface area contributed by atoms with Crippen LogP contribution in [0.3, 0.4) is 0 Å². The van der Waals surface area contributed by atoms with Gasteiger partial charge >= 0.3 is 0 Å². The molecule has 0 aromatic carbocycles. The molecule has 0 fully saturated rings. The standard InChI is InChI=1S/C23H44/c1-2-4-6-8-10-12-14-16-18-20-22-23-21-19-17-15-13-11-9-7-5-3-1/h1-2H,3-23H2. The zero-order valence-corrected chi connectivity index (χ0v) is 16.0. The van der Waals surface area contributed by atoms with Crippen LogP contribution in [0, 0.1) is 0 Å². The monoisotopic (exact) mass is 320 g/mol. The van der Waals surface area contributed by atoms with Crippen molar-refractivity contribution in [1.82, 2.24) is 0 Å². The van der Waals surface area contributed by atoms with E-state index < -0.39 is 0 Å². The molecule has 0 unspecified atom stereocenters. The zero-order chi connectivity index (χ0) is 16.3. The summed E-state index contributed by atoms with van der Waals surface area (Å²) in [6.45, 7) is 0. The lowest BCUT2D eigenvalue weighted by atomic mass is 10.0. The second-order valence-electron chi connectivity index (χ2n) is 7.77. The van der Waals surface area contributed by atoms with E-state index in [2.05, 4.69) is 12.2 Å². The quantitative estimate of drug-likeness (QED) is 0.391. The van der Waals surface area contributed by atoms with E-state index in [-0.39, 0.29) is 0 Å². The van der Waals surface area contributed by atoms with Gasteiger partial charge in [-0.05, 0) is 25.7 Å². The number of rotatable bonds is 0. The summed E-state index contributed by atoms with van der Waals surface area (Å²) in [5, 5.41) is 0. The van der Waals surface area contributed by atoms with Crippen molar-refractivity contribution in [2.24, 2.45) is 0 Å². The molecule has 0 heteroatoms. The summed E-state index contributed by atoms with van der Waals surface area (Å²) in [5.74, 6) is 0. The van der Waals surface area contributed by atoms with E-state index >= 15 is 0 Å². The first-order valence-corrected chi connectivity index (χ1v) is 11.1. The highest BCUT2D eigenvalue weighted by Crippen LogP contribution is 2.15. The van der Waals surface area contributed by atoms with Gasteiger partial charge in [0.1, 0.15) is 0 Å². The summed E-state index contributed by atoms with van der Waals surface area (Å²) in [6, 6.07) is 0. The highest BCUT2D eigenvalue weighted by molar-refractivity contribution is 4.81. The zero-order valence-electron chi connectivity index (χ0n) is 16.0. The van der Waals surface area contributed by atoms with Gasteiger partial charge in [-0.15, -0.1) is 0 Å². The second-order valence-corrected chi connectivity index (χ2v) is 7.77. The van der Waals surface area contributed by atoms with Crippen molar-refractivity contribution >= 4 is 0 Å². The van der Waals surface area contributed by atoms with Crippen LogP contribution in [0.5, 0.6) is 0 Å². The van der Waals surface area contributed by atoms with Crippen molar-refractivity contribution in [2.45, 2.75) is 135 Å². The fourth-order valence-electron chi connectivity index (χ4n) is 3.77. The molecule has 0 saturated carbocycles. The van der Waals surface area contributed by atoms with Gasteiger partial charge in [-0.1, -0.05) is 121 Å². The van der Waals surface area contributed by atoms with E-state index in [1.54, 1.807) is 0 Å². The van der Waals surface area contributed by atoms with Crippen molar-refractivity contribution in [1.29, 1.82) is 0 Å². The Labute approximate surface area is 147 Å². The average molecular weight is 321 g/mol. The van der Waals surface area contributed by atoms with Crippen LogP contribution >= 0.6 is 0 Å². The summed E-state index contributed by atoms with van der Waals surface area (Å²) in [7, 11) is 0. The minimum Gasteiger partial charge on any atom is -0.0885 e. The highest BCUT2D eigenvalue weighted by Gasteiger charge is 1.95. The van der Waals surface area contributed by atoms with E-state index in [0.717, 1.165) is 0 Å². The fourth-order valence-corrected chi connectivity index (χ4v) is 3.77. The molecule has 0 radical (unpaired) electrons. The minimum absolute atomic E-state index is 1.32. The average Bonchev–Trinajstić information content (AvgIpc) is 2.56. The van der Waals surface area contributed by atoms with Crippen LogP contribution in [-0.4, -0.2) is 0 Å². The van der Waals surface area contributed by atoms with E-state index in [1.807, 2.05) is 0 Å². The molecule has 0 N–H and O–H groups in total. The summed E-state index contributed by atoms with van der Waals surface area (Å²) in [6.07, 6.45) is 35.5. The molecule has 23 heavy (non-hydrogen) atoms. The molecule has 0 heterocycles. The Balaban J connectivity index is 2.05. The van der Waals surface area contributed by atoms with Gasteiger partial charge in [0.25, 0.3) is 0 Å². The van der Waals surface area contributed by atoms with Crippen LogP contribution in [-0.2, 0) is 0 Å². The lowest BCUT2D eigenvalue weighted by Crippen LogP contribution is -1.84. The topological polar surface area (TPSA) is 0 Å². The fraction of sp³-hybridized carbons (Fsp3) is 0.913. The number of hydrogen-bond acceptors (Lipinski definition) is 0. The summed E-state index contributed by atoms with van der Waals surface area (Å²) >= 11 is 0. The Kier molecular flexibility index (Phi) is 16.3. The van der Waals surface area contributed by atoms with Crippen molar-refractivity contribution in [3.63, 3.8) is 0 Å². The normalized spacial score (nSPS) is 23.3. The van der Waals surface area contributed by atoms with Crippen LogP contribution in [0.2, 0.25) is 0 Å². The Hall–Kier alpha value is -0.260. The van der Waals surface area contributed by atoms with Gasteiger partial charge in [-0.3, -0.25) is 0 Å². The Morgan fingerprint density at radius 1 is 0.217 bits per heavy atom.